The number of carbonyl (C=O) groups is 1. The van der Waals surface area contributed by atoms with Crippen LogP contribution >= 0.6 is 11.3 Å². The standard InChI is InChI=1S/C18H24N4OS/c1-12(2)10-22-8-7-13(11-22)17(23)21-18-20-9-16(24-18)14-5-3-4-6-15(14)19/h3-6,9,12-13H,7-8,10-11,19H2,1-2H3,(H,20,21,23). The van der Waals surface area contributed by atoms with Gasteiger partial charge in [-0.3, -0.25) is 4.79 Å². The van der Waals surface area contributed by atoms with E-state index in [2.05, 4.69) is 29.0 Å². The van der Waals surface area contributed by atoms with Crippen LogP contribution in [0.4, 0.5) is 10.8 Å². The van der Waals surface area contributed by atoms with Crippen LogP contribution in [0.5, 0.6) is 0 Å². The molecule has 6 heteroatoms. The maximum absolute atomic E-state index is 12.5. The first kappa shape index (κ1) is 16.9. The summed E-state index contributed by atoms with van der Waals surface area (Å²) in [6, 6.07) is 7.70. The molecule has 128 valence electrons. The predicted octanol–water partition coefficient (Wildman–Crippen LogP) is 3.31. The highest BCUT2D eigenvalue weighted by molar-refractivity contribution is 7.19. The number of nitrogens with one attached hydrogen (secondary N) is 1. The molecule has 1 aromatic carbocycles. The van der Waals surface area contributed by atoms with Gasteiger partial charge in [0.2, 0.25) is 5.91 Å². The van der Waals surface area contributed by atoms with Crippen LogP contribution in [0.15, 0.2) is 30.5 Å². The summed E-state index contributed by atoms with van der Waals surface area (Å²) in [4.78, 5) is 20.1. The van der Waals surface area contributed by atoms with E-state index in [0.29, 0.717) is 11.0 Å². The molecule has 1 unspecified atom stereocenters. The van der Waals surface area contributed by atoms with Gasteiger partial charge in [0.05, 0.1) is 10.8 Å². The fraction of sp³-hybridized carbons (Fsp3) is 0.444. The number of amides is 1. The van der Waals surface area contributed by atoms with E-state index in [1.807, 2.05) is 24.3 Å². The third-order valence-electron chi connectivity index (χ3n) is 4.23. The molecule has 1 fully saturated rings. The third kappa shape index (κ3) is 3.94. The number of anilines is 2. The van der Waals surface area contributed by atoms with E-state index in [4.69, 9.17) is 5.73 Å². The number of hydrogen-bond acceptors (Lipinski definition) is 5. The van der Waals surface area contributed by atoms with Crippen molar-refractivity contribution >= 4 is 28.1 Å². The van der Waals surface area contributed by atoms with E-state index in [-0.39, 0.29) is 11.8 Å². The number of thiazole rings is 1. The van der Waals surface area contributed by atoms with Crippen LogP contribution in [-0.2, 0) is 4.79 Å². The first-order valence-corrected chi connectivity index (χ1v) is 9.18. The number of benzene rings is 1. The lowest BCUT2D eigenvalue weighted by atomic mass is 10.1. The van der Waals surface area contributed by atoms with Crippen molar-refractivity contribution < 1.29 is 4.79 Å². The van der Waals surface area contributed by atoms with Gasteiger partial charge in [-0.2, -0.15) is 0 Å². The molecule has 1 atom stereocenters. The Balaban J connectivity index is 1.61. The molecule has 0 bridgehead atoms. The van der Waals surface area contributed by atoms with Gasteiger partial charge in [0.15, 0.2) is 5.13 Å². The Bertz CT molecular complexity index is 713. The summed E-state index contributed by atoms with van der Waals surface area (Å²) in [5, 5.41) is 3.61. The predicted molar refractivity (Wildman–Crippen MR) is 100.0 cm³/mol. The summed E-state index contributed by atoms with van der Waals surface area (Å²) < 4.78 is 0. The number of rotatable bonds is 5. The minimum Gasteiger partial charge on any atom is -0.398 e. The summed E-state index contributed by atoms with van der Waals surface area (Å²) in [5.41, 5.74) is 7.68. The topological polar surface area (TPSA) is 71.2 Å². The smallest absolute Gasteiger partial charge is 0.230 e. The van der Waals surface area contributed by atoms with Gasteiger partial charge in [-0.25, -0.2) is 4.98 Å². The number of carbonyl (C=O) groups excluding carboxylic acids is 1. The van der Waals surface area contributed by atoms with E-state index in [1.165, 1.54) is 11.3 Å². The molecule has 5 nitrogen and oxygen atoms in total. The van der Waals surface area contributed by atoms with Gasteiger partial charge in [-0.05, 0) is 24.9 Å². The Morgan fingerprint density at radius 2 is 2.25 bits per heavy atom. The lowest BCUT2D eigenvalue weighted by molar-refractivity contribution is -0.119. The molecule has 1 aromatic heterocycles. The molecule has 1 aliphatic rings. The Morgan fingerprint density at radius 3 is 3.00 bits per heavy atom. The zero-order chi connectivity index (χ0) is 17.1. The van der Waals surface area contributed by atoms with Crippen LogP contribution in [0.3, 0.4) is 0 Å². The second-order valence-corrected chi connectivity index (χ2v) is 7.78. The molecule has 3 N–H and O–H groups in total. The molecule has 0 aliphatic carbocycles. The van der Waals surface area contributed by atoms with Crippen molar-refractivity contribution in [3.8, 4) is 10.4 Å². The van der Waals surface area contributed by atoms with Gasteiger partial charge in [0.1, 0.15) is 0 Å². The van der Waals surface area contributed by atoms with Crippen molar-refractivity contribution in [3.05, 3.63) is 30.5 Å². The van der Waals surface area contributed by atoms with Gasteiger partial charge >= 0.3 is 0 Å². The van der Waals surface area contributed by atoms with Crippen molar-refractivity contribution in [2.75, 3.05) is 30.7 Å². The average Bonchev–Trinajstić information content (AvgIpc) is 3.17. The molecule has 2 aromatic rings. The fourth-order valence-corrected chi connectivity index (χ4v) is 3.98. The lowest BCUT2D eigenvalue weighted by Gasteiger charge is -2.17. The highest BCUT2D eigenvalue weighted by Gasteiger charge is 2.28. The van der Waals surface area contributed by atoms with Gasteiger partial charge in [0.25, 0.3) is 0 Å². The van der Waals surface area contributed by atoms with Crippen molar-refractivity contribution in [2.45, 2.75) is 20.3 Å². The number of nitrogens with two attached hydrogens (primary N) is 1. The van der Waals surface area contributed by atoms with Gasteiger partial charge in [-0.15, -0.1) is 0 Å². The van der Waals surface area contributed by atoms with Gasteiger partial charge in [-0.1, -0.05) is 43.4 Å². The normalized spacial score (nSPS) is 18.2. The number of hydrogen-bond donors (Lipinski definition) is 2. The molecule has 1 amide bonds. The molecule has 2 heterocycles. The van der Waals surface area contributed by atoms with Crippen LogP contribution in [0.1, 0.15) is 20.3 Å². The molecule has 0 radical (unpaired) electrons. The molecule has 1 aliphatic heterocycles. The van der Waals surface area contributed by atoms with Crippen LogP contribution < -0.4 is 11.1 Å². The largest absolute Gasteiger partial charge is 0.398 e. The van der Waals surface area contributed by atoms with Crippen molar-refractivity contribution in [1.29, 1.82) is 0 Å². The summed E-state index contributed by atoms with van der Waals surface area (Å²) in [6.07, 6.45) is 2.69. The number of para-hydroxylation sites is 1. The van der Waals surface area contributed by atoms with Crippen LogP contribution in [0.25, 0.3) is 10.4 Å². The SMILES string of the molecule is CC(C)CN1CCC(C(=O)Nc2ncc(-c3ccccc3N)s2)C1. The van der Waals surface area contributed by atoms with Crippen molar-refractivity contribution in [3.63, 3.8) is 0 Å². The molecule has 24 heavy (non-hydrogen) atoms. The summed E-state index contributed by atoms with van der Waals surface area (Å²) >= 11 is 1.46. The van der Waals surface area contributed by atoms with Gasteiger partial charge in [0, 0.05) is 30.5 Å². The highest BCUT2D eigenvalue weighted by atomic mass is 32.1. The minimum absolute atomic E-state index is 0.0536. The fourth-order valence-electron chi connectivity index (χ4n) is 3.11. The van der Waals surface area contributed by atoms with E-state index in [0.717, 1.165) is 42.2 Å². The zero-order valence-electron chi connectivity index (χ0n) is 14.2. The summed E-state index contributed by atoms with van der Waals surface area (Å²) in [5.74, 6) is 0.755. The van der Waals surface area contributed by atoms with E-state index >= 15 is 0 Å². The Kier molecular flexibility index (Phi) is 5.16. The van der Waals surface area contributed by atoms with Crippen LogP contribution in [0.2, 0.25) is 0 Å². The number of nitrogens with zero attached hydrogens (tertiary/aromatic N) is 2. The average molecular weight is 344 g/mol. The van der Waals surface area contributed by atoms with E-state index in [1.54, 1.807) is 6.20 Å². The molecular formula is C18H24N4OS. The van der Waals surface area contributed by atoms with Crippen molar-refractivity contribution in [1.82, 2.24) is 9.88 Å². The minimum atomic E-state index is 0.0536. The molecule has 0 saturated carbocycles. The second-order valence-electron chi connectivity index (χ2n) is 6.75. The lowest BCUT2D eigenvalue weighted by Crippen LogP contribution is -2.29. The highest BCUT2D eigenvalue weighted by Crippen LogP contribution is 2.33. The second kappa shape index (κ2) is 7.32. The zero-order valence-corrected chi connectivity index (χ0v) is 15.0. The summed E-state index contributed by atoms with van der Waals surface area (Å²) in [6.45, 7) is 7.31. The Morgan fingerprint density at radius 1 is 1.46 bits per heavy atom. The third-order valence-corrected chi connectivity index (χ3v) is 5.17. The van der Waals surface area contributed by atoms with E-state index in [9.17, 15) is 4.79 Å². The number of likely N-dealkylation sites (tertiary alicyclic amines) is 1. The maximum Gasteiger partial charge on any atom is 0.230 e. The Labute approximate surface area is 146 Å². The molecule has 0 spiro atoms. The summed E-state index contributed by atoms with van der Waals surface area (Å²) in [7, 11) is 0. The van der Waals surface area contributed by atoms with Crippen LogP contribution in [-0.4, -0.2) is 35.4 Å². The monoisotopic (exact) mass is 344 g/mol. The molecule has 3 rings (SSSR count). The van der Waals surface area contributed by atoms with Crippen LogP contribution in [0, 0.1) is 11.8 Å². The Hall–Kier alpha value is -1.92. The first-order valence-electron chi connectivity index (χ1n) is 8.37. The molecule has 1 saturated heterocycles. The van der Waals surface area contributed by atoms with Gasteiger partial charge < -0.3 is 16.0 Å². The molecular weight excluding hydrogens is 320 g/mol. The number of nitrogen functional groups attached to an aromatic ring is 1. The number of aromatic nitrogens is 1. The first-order chi connectivity index (χ1) is 11.5. The van der Waals surface area contributed by atoms with Crippen molar-refractivity contribution in [2.24, 2.45) is 11.8 Å². The maximum atomic E-state index is 12.5. The van der Waals surface area contributed by atoms with E-state index < -0.39 is 0 Å². The quantitative estimate of drug-likeness (QED) is 0.816.